The highest BCUT2D eigenvalue weighted by atomic mass is 16.2. The van der Waals surface area contributed by atoms with Gasteiger partial charge in [0.2, 0.25) is 11.8 Å². The average molecular weight is 323 g/mol. The lowest BCUT2D eigenvalue weighted by molar-refractivity contribution is -0.138. The first-order chi connectivity index (χ1) is 11.7. The number of carbonyl (C=O) groups is 2. The Morgan fingerprint density at radius 1 is 1.12 bits per heavy atom. The molecule has 24 heavy (non-hydrogen) atoms. The fourth-order valence-corrected chi connectivity index (χ4v) is 2.93. The first kappa shape index (κ1) is 16.2. The monoisotopic (exact) mass is 323 g/mol. The average Bonchev–Trinajstić information content (AvgIpc) is 2.63. The molecular weight excluding hydrogens is 302 g/mol. The zero-order chi connectivity index (χ0) is 16.8. The first-order valence-electron chi connectivity index (χ1n) is 8.27. The quantitative estimate of drug-likeness (QED) is 0.918. The summed E-state index contributed by atoms with van der Waals surface area (Å²) in [5.41, 5.74) is 1.75. The minimum atomic E-state index is -0.320. The van der Waals surface area contributed by atoms with Crippen molar-refractivity contribution in [2.45, 2.75) is 25.3 Å². The molecule has 5 nitrogen and oxygen atoms in total. The van der Waals surface area contributed by atoms with Gasteiger partial charge >= 0.3 is 0 Å². The highest BCUT2D eigenvalue weighted by Gasteiger charge is 2.23. The number of benzene rings is 1. The molecule has 1 fully saturated rings. The lowest BCUT2D eigenvalue weighted by atomic mass is 10.0. The molecule has 0 radical (unpaired) electrons. The van der Waals surface area contributed by atoms with Gasteiger partial charge in [0.05, 0.1) is 18.3 Å². The zero-order valence-electron chi connectivity index (χ0n) is 13.5. The maximum absolute atomic E-state index is 12.5. The van der Waals surface area contributed by atoms with Gasteiger partial charge in [0, 0.05) is 19.2 Å². The third kappa shape index (κ3) is 3.98. The molecule has 0 spiro atoms. The Kier molecular flexibility index (Phi) is 5.21. The van der Waals surface area contributed by atoms with E-state index in [2.05, 4.69) is 10.3 Å². The van der Waals surface area contributed by atoms with E-state index >= 15 is 0 Å². The Balaban J connectivity index is 1.74. The van der Waals surface area contributed by atoms with Crippen LogP contribution in [0.5, 0.6) is 0 Å². The van der Waals surface area contributed by atoms with Crippen LogP contribution in [0.25, 0.3) is 0 Å². The van der Waals surface area contributed by atoms with E-state index in [-0.39, 0.29) is 24.4 Å². The molecule has 0 bridgehead atoms. The fraction of sp³-hybridized carbons (Fsp3) is 0.316. The minimum absolute atomic E-state index is 0.0606. The SMILES string of the molecule is O=C(CN1CCCCC1=O)NC(c1ccccc1)c1ccccn1. The summed E-state index contributed by atoms with van der Waals surface area (Å²) in [5.74, 6) is -0.102. The van der Waals surface area contributed by atoms with Crippen molar-refractivity contribution >= 4 is 11.8 Å². The van der Waals surface area contributed by atoms with Crippen LogP contribution in [0, 0.1) is 0 Å². The molecule has 1 aliphatic rings. The summed E-state index contributed by atoms with van der Waals surface area (Å²) in [6, 6.07) is 15.1. The van der Waals surface area contributed by atoms with E-state index < -0.39 is 0 Å². The van der Waals surface area contributed by atoms with Gasteiger partial charge in [0.25, 0.3) is 0 Å². The van der Waals surface area contributed by atoms with Gasteiger partial charge in [-0.2, -0.15) is 0 Å². The predicted octanol–water partition coefficient (Wildman–Crippen LogP) is 2.30. The highest BCUT2D eigenvalue weighted by Crippen LogP contribution is 2.20. The molecule has 1 atom stereocenters. The van der Waals surface area contributed by atoms with Crippen molar-refractivity contribution in [1.29, 1.82) is 0 Å². The topological polar surface area (TPSA) is 62.3 Å². The number of nitrogens with zero attached hydrogens (tertiary/aromatic N) is 2. The Labute approximate surface area is 141 Å². The molecule has 3 rings (SSSR count). The number of hydrogen-bond acceptors (Lipinski definition) is 3. The van der Waals surface area contributed by atoms with Gasteiger partial charge < -0.3 is 10.2 Å². The molecule has 0 aliphatic carbocycles. The number of hydrogen-bond donors (Lipinski definition) is 1. The summed E-state index contributed by atoms with van der Waals surface area (Å²) >= 11 is 0. The molecule has 124 valence electrons. The second-order valence-corrected chi connectivity index (χ2v) is 5.94. The van der Waals surface area contributed by atoms with Gasteiger partial charge in [-0.05, 0) is 30.5 Å². The number of rotatable bonds is 5. The van der Waals surface area contributed by atoms with Crippen molar-refractivity contribution < 1.29 is 9.59 Å². The van der Waals surface area contributed by atoms with Crippen LogP contribution in [0.1, 0.15) is 36.6 Å². The largest absolute Gasteiger partial charge is 0.342 e. The second-order valence-electron chi connectivity index (χ2n) is 5.94. The number of amides is 2. The van der Waals surface area contributed by atoms with E-state index in [9.17, 15) is 9.59 Å². The van der Waals surface area contributed by atoms with Crippen LogP contribution in [0.15, 0.2) is 54.7 Å². The first-order valence-corrected chi connectivity index (χ1v) is 8.27. The lowest BCUT2D eigenvalue weighted by Crippen LogP contribution is -2.44. The molecule has 0 saturated carbocycles. The normalized spacial score (nSPS) is 15.8. The van der Waals surface area contributed by atoms with Gasteiger partial charge in [0.15, 0.2) is 0 Å². The Morgan fingerprint density at radius 3 is 2.62 bits per heavy atom. The summed E-state index contributed by atoms with van der Waals surface area (Å²) < 4.78 is 0. The van der Waals surface area contributed by atoms with Crippen LogP contribution >= 0.6 is 0 Å². The summed E-state index contributed by atoms with van der Waals surface area (Å²) in [5, 5.41) is 3.02. The molecule has 2 aromatic rings. The molecule has 1 saturated heterocycles. The van der Waals surface area contributed by atoms with Crippen molar-refractivity contribution in [1.82, 2.24) is 15.2 Å². The number of piperidine rings is 1. The van der Waals surface area contributed by atoms with Crippen LogP contribution in [-0.4, -0.2) is 34.8 Å². The third-order valence-electron chi connectivity index (χ3n) is 4.18. The number of aromatic nitrogens is 1. The van der Waals surface area contributed by atoms with E-state index in [1.54, 1.807) is 11.1 Å². The molecule has 1 aromatic carbocycles. The molecule has 1 aliphatic heterocycles. The van der Waals surface area contributed by atoms with Gasteiger partial charge in [-0.15, -0.1) is 0 Å². The molecule has 1 unspecified atom stereocenters. The van der Waals surface area contributed by atoms with Gasteiger partial charge in [0.1, 0.15) is 0 Å². The van der Waals surface area contributed by atoms with Crippen LogP contribution in [0.4, 0.5) is 0 Å². The number of nitrogens with one attached hydrogen (secondary N) is 1. The summed E-state index contributed by atoms with van der Waals surface area (Å²) in [4.78, 5) is 30.4. The van der Waals surface area contributed by atoms with Gasteiger partial charge in [-0.1, -0.05) is 36.4 Å². The molecule has 5 heteroatoms. The lowest BCUT2D eigenvalue weighted by Gasteiger charge is -2.27. The van der Waals surface area contributed by atoms with Crippen molar-refractivity contribution in [3.63, 3.8) is 0 Å². The van der Waals surface area contributed by atoms with Crippen LogP contribution in [-0.2, 0) is 9.59 Å². The van der Waals surface area contributed by atoms with E-state index in [1.807, 2.05) is 48.5 Å². The number of likely N-dealkylation sites (tertiary alicyclic amines) is 1. The van der Waals surface area contributed by atoms with Crippen molar-refractivity contribution in [3.05, 3.63) is 66.0 Å². The molecule has 1 N–H and O–H groups in total. The van der Waals surface area contributed by atoms with E-state index in [0.717, 1.165) is 24.1 Å². The smallest absolute Gasteiger partial charge is 0.240 e. The van der Waals surface area contributed by atoms with Gasteiger partial charge in [-0.25, -0.2) is 0 Å². The van der Waals surface area contributed by atoms with E-state index in [4.69, 9.17) is 0 Å². The minimum Gasteiger partial charge on any atom is -0.342 e. The number of carbonyl (C=O) groups excluding carboxylic acids is 2. The zero-order valence-corrected chi connectivity index (χ0v) is 13.5. The standard InChI is InChI=1S/C19H21N3O2/c23-17(14-22-13-7-5-11-18(22)24)21-19(15-8-2-1-3-9-15)16-10-4-6-12-20-16/h1-4,6,8-10,12,19H,5,7,11,13-14H2,(H,21,23). The van der Waals surface area contributed by atoms with Crippen molar-refractivity contribution in [2.24, 2.45) is 0 Å². The predicted molar refractivity (Wildman–Crippen MR) is 91.1 cm³/mol. The molecule has 2 heterocycles. The fourth-order valence-electron chi connectivity index (χ4n) is 2.93. The van der Waals surface area contributed by atoms with E-state index in [0.29, 0.717) is 13.0 Å². The summed E-state index contributed by atoms with van der Waals surface area (Å²) in [7, 11) is 0. The number of pyridine rings is 1. The second kappa shape index (κ2) is 7.73. The third-order valence-corrected chi connectivity index (χ3v) is 4.18. The van der Waals surface area contributed by atoms with Gasteiger partial charge in [-0.3, -0.25) is 14.6 Å². The molecular formula is C19H21N3O2. The van der Waals surface area contributed by atoms with Crippen molar-refractivity contribution in [2.75, 3.05) is 13.1 Å². The van der Waals surface area contributed by atoms with Crippen LogP contribution in [0.2, 0.25) is 0 Å². The summed E-state index contributed by atoms with van der Waals surface area (Å²) in [6.07, 6.45) is 4.13. The Morgan fingerprint density at radius 2 is 1.92 bits per heavy atom. The van der Waals surface area contributed by atoms with Crippen molar-refractivity contribution in [3.8, 4) is 0 Å². The molecule has 2 amide bonds. The maximum atomic E-state index is 12.5. The highest BCUT2D eigenvalue weighted by molar-refractivity contribution is 5.85. The Bertz CT molecular complexity index is 649. The summed E-state index contributed by atoms with van der Waals surface area (Å²) in [6.45, 7) is 0.765. The van der Waals surface area contributed by atoms with Crippen LogP contribution in [0.3, 0.4) is 0 Å². The Hall–Kier alpha value is -2.69. The van der Waals surface area contributed by atoms with E-state index in [1.165, 1.54) is 0 Å². The van der Waals surface area contributed by atoms with Crippen LogP contribution < -0.4 is 5.32 Å². The maximum Gasteiger partial charge on any atom is 0.240 e. The molecule has 1 aromatic heterocycles.